The summed E-state index contributed by atoms with van der Waals surface area (Å²) in [5, 5.41) is 0. The van der Waals surface area contributed by atoms with E-state index in [1.54, 1.807) is 4.90 Å². The summed E-state index contributed by atoms with van der Waals surface area (Å²) in [5.74, 6) is 0.825. The Labute approximate surface area is 120 Å². The first kappa shape index (κ1) is 14.4. The molecule has 20 heavy (non-hydrogen) atoms. The second kappa shape index (κ2) is 6.46. The average molecular weight is 275 g/mol. The van der Waals surface area contributed by atoms with Crippen molar-refractivity contribution in [3.05, 3.63) is 42.5 Å². The van der Waals surface area contributed by atoms with Crippen LogP contribution in [0, 0.1) is 0 Å². The third-order valence-electron chi connectivity index (χ3n) is 3.29. The first-order valence-corrected chi connectivity index (χ1v) is 6.90. The van der Waals surface area contributed by atoms with Crippen molar-refractivity contribution in [2.45, 2.75) is 32.4 Å². The standard InChI is InChI=1S/C16H21NO3/c1-4-7-13-8-5-6-9-15(13)19-11-14-10-17(12(2)3)16(18)20-14/h4-6,8-9,12,14H,1,7,10-11H2,2-3H3. The lowest BCUT2D eigenvalue weighted by molar-refractivity contribution is 0.102. The Balaban J connectivity index is 1.93. The summed E-state index contributed by atoms with van der Waals surface area (Å²) in [5.41, 5.74) is 1.09. The molecule has 0 radical (unpaired) electrons. The van der Waals surface area contributed by atoms with Crippen molar-refractivity contribution in [2.24, 2.45) is 0 Å². The van der Waals surface area contributed by atoms with Gasteiger partial charge in [0.05, 0.1) is 6.54 Å². The number of carbonyl (C=O) groups excluding carboxylic acids is 1. The lowest BCUT2D eigenvalue weighted by Gasteiger charge is -2.17. The van der Waals surface area contributed by atoms with Crippen LogP contribution in [0.1, 0.15) is 19.4 Å². The van der Waals surface area contributed by atoms with Crippen molar-refractivity contribution in [2.75, 3.05) is 13.2 Å². The molecular formula is C16H21NO3. The molecule has 4 heteroatoms. The Morgan fingerprint density at radius 1 is 1.50 bits per heavy atom. The number of para-hydroxylation sites is 1. The van der Waals surface area contributed by atoms with Gasteiger partial charge in [-0.25, -0.2) is 4.79 Å². The molecule has 0 spiro atoms. The van der Waals surface area contributed by atoms with Crippen molar-refractivity contribution in [3.63, 3.8) is 0 Å². The van der Waals surface area contributed by atoms with E-state index in [0.29, 0.717) is 13.2 Å². The summed E-state index contributed by atoms with van der Waals surface area (Å²) in [6.07, 6.45) is 2.14. The largest absolute Gasteiger partial charge is 0.489 e. The number of benzene rings is 1. The predicted molar refractivity (Wildman–Crippen MR) is 77.9 cm³/mol. The molecule has 0 N–H and O–H groups in total. The smallest absolute Gasteiger partial charge is 0.410 e. The second-order valence-electron chi connectivity index (χ2n) is 5.16. The summed E-state index contributed by atoms with van der Waals surface area (Å²) in [6, 6.07) is 8.00. The summed E-state index contributed by atoms with van der Waals surface area (Å²) < 4.78 is 11.1. The zero-order valence-corrected chi connectivity index (χ0v) is 12.0. The molecule has 1 aliphatic rings. The molecule has 0 aliphatic carbocycles. The highest BCUT2D eigenvalue weighted by Crippen LogP contribution is 2.21. The quantitative estimate of drug-likeness (QED) is 0.749. The van der Waals surface area contributed by atoms with Gasteiger partial charge in [-0.15, -0.1) is 6.58 Å². The monoisotopic (exact) mass is 275 g/mol. The van der Waals surface area contributed by atoms with Gasteiger partial charge < -0.3 is 14.4 Å². The molecule has 1 heterocycles. The highest BCUT2D eigenvalue weighted by molar-refractivity contribution is 5.70. The lowest BCUT2D eigenvalue weighted by atomic mass is 10.1. The minimum atomic E-state index is -0.257. The van der Waals surface area contributed by atoms with Crippen molar-refractivity contribution >= 4 is 6.09 Å². The van der Waals surface area contributed by atoms with Crippen LogP contribution >= 0.6 is 0 Å². The summed E-state index contributed by atoms with van der Waals surface area (Å²) in [7, 11) is 0. The normalized spacial score (nSPS) is 18.2. The highest BCUT2D eigenvalue weighted by Gasteiger charge is 2.33. The molecule has 1 amide bonds. The minimum absolute atomic E-state index is 0.153. The van der Waals surface area contributed by atoms with Crippen molar-refractivity contribution in [1.82, 2.24) is 4.90 Å². The Bertz CT molecular complexity index is 484. The summed E-state index contributed by atoms with van der Waals surface area (Å²) in [4.78, 5) is 13.4. The van der Waals surface area contributed by atoms with Crippen LogP contribution in [0.5, 0.6) is 5.75 Å². The fourth-order valence-corrected chi connectivity index (χ4v) is 2.20. The lowest BCUT2D eigenvalue weighted by Crippen LogP contribution is -2.32. The number of ether oxygens (including phenoxy) is 2. The third-order valence-corrected chi connectivity index (χ3v) is 3.29. The van der Waals surface area contributed by atoms with Crippen LogP contribution in [0.2, 0.25) is 0 Å². The maximum atomic E-state index is 11.6. The molecule has 108 valence electrons. The Hall–Kier alpha value is -1.97. The Kier molecular flexibility index (Phi) is 4.66. The first-order valence-electron chi connectivity index (χ1n) is 6.90. The zero-order chi connectivity index (χ0) is 14.5. The number of cyclic esters (lactones) is 1. The maximum Gasteiger partial charge on any atom is 0.410 e. The van der Waals surface area contributed by atoms with Gasteiger partial charge in [0, 0.05) is 6.04 Å². The molecule has 0 saturated carbocycles. The average Bonchev–Trinajstić information content (AvgIpc) is 2.79. The van der Waals surface area contributed by atoms with Gasteiger partial charge in [0.15, 0.2) is 6.10 Å². The zero-order valence-electron chi connectivity index (χ0n) is 12.0. The highest BCUT2D eigenvalue weighted by atomic mass is 16.6. The summed E-state index contributed by atoms with van der Waals surface area (Å²) >= 11 is 0. The number of hydrogen-bond donors (Lipinski definition) is 0. The van der Waals surface area contributed by atoms with E-state index in [-0.39, 0.29) is 18.2 Å². The molecule has 1 atom stereocenters. The van der Waals surface area contributed by atoms with Gasteiger partial charge in [-0.2, -0.15) is 0 Å². The van der Waals surface area contributed by atoms with E-state index >= 15 is 0 Å². The van der Waals surface area contributed by atoms with Gasteiger partial charge in [-0.1, -0.05) is 24.3 Å². The van der Waals surface area contributed by atoms with Crippen molar-refractivity contribution in [3.8, 4) is 5.75 Å². The SMILES string of the molecule is C=CCc1ccccc1OCC1CN(C(C)C)C(=O)O1. The summed E-state index contributed by atoms with van der Waals surface area (Å²) in [6.45, 7) is 8.66. The van der Waals surface area contributed by atoms with Crippen LogP contribution in [-0.4, -0.2) is 36.3 Å². The molecule has 1 aromatic rings. The second-order valence-corrected chi connectivity index (χ2v) is 5.16. The van der Waals surface area contributed by atoms with E-state index in [4.69, 9.17) is 9.47 Å². The number of carbonyl (C=O) groups is 1. The number of nitrogens with zero attached hydrogens (tertiary/aromatic N) is 1. The topological polar surface area (TPSA) is 38.8 Å². The van der Waals surface area contributed by atoms with Gasteiger partial charge in [-0.3, -0.25) is 0 Å². The molecule has 1 unspecified atom stereocenters. The number of rotatable bonds is 6. The van der Waals surface area contributed by atoms with E-state index in [1.165, 1.54) is 0 Å². The Morgan fingerprint density at radius 2 is 2.25 bits per heavy atom. The molecule has 4 nitrogen and oxygen atoms in total. The van der Waals surface area contributed by atoms with Crippen molar-refractivity contribution < 1.29 is 14.3 Å². The van der Waals surface area contributed by atoms with Gasteiger partial charge in [0.2, 0.25) is 0 Å². The maximum absolute atomic E-state index is 11.6. The Morgan fingerprint density at radius 3 is 2.90 bits per heavy atom. The van der Waals surface area contributed by atoms with Crippen molar-refractivity contribution in [1.29, 1.82) is 0 Å². The molecule has 1 aromatic carbocycles. The van der Waals surface area contributed by atoms with Gasteiger partial charge in [-0.05, 0) is 31.9 Å². The van der Waals surface area contributed by atoms with E-state index in [0.717, 1.165) is 17.7 Å². The van der Waals surface area contributed by atoms with Crippen LogP contribution < -0.4 is 4.74 Å². The number of hydrogen-bond acceptors (Lipinski definition) is 3. The van der Waals surface area contributed by atoms with Gasteiger partial charge >= 0.3 is 6.09 Å². The van der Waals surface area contributed by atoms with Crippen LogP contribution in [0.4, 0.5) is 4.79 Å². The minimum Gasteiger partial charge on any atom is -0.489 e. The van der Waals surface area contributed by atoms with Crippen LogP contribution in [-0.2, 0) is 11.2 Å². The molecule has 1 saturated heterocycles. The van der Waals surface area contributed by atoms with E-state index < -0.39 is 0 Å². The molecule has 0 bridgehead atoms. The molecule has 1 fully saturated rings. The van der Waals surface area contributed by atoms with E-state index in [2.05, 4.69) is 6.58 Å². The molecule has 0 aromatic heterocycles. The fraction of sp³-hybridized carbons (Fsp3) is 0.438. The molecular weight excluding hydrogens is 254 g/mol. The molecule has 1 aliphatic heterocycles. The first-order chi connectivity index (χ1) is 9.61. The fourth-order valence-electron chi connectivity index (χ4n) is 2.20. The number of amides is 1. The van der Waals surface area contributed by atoms with Gasteiger partial charge in [0.25, 0.3) is 0 Å². The third kappa shape index (κ3) is 3.32. The van der Waals surface area contributed by atoms with E-state index in [9.17, 15) is 4.79 Å². The predicted octanol–water partition coefficient (Wildman–Crippen LogP) is 3.02. The van der Waals surface area contributed by atoms with E-state index in [1.807, 2.05) is 44.2 Å². The molecule has 2 rings (SSSR count). The number of allylic oxidation sites excluding steroid dienone is 1. The van der Waals surface area contributed by atoms with Crippen LogP contribution in [0.3, 0.4) is 0 Å². The van der Waals surface area contributed by atoms with Gasteiger partial charge in [0.1, 0.15) is 12.4 Å². The van der Waals surface area contributed by atoms with Crippen LogP contribution in [0.15, 0.2) is 36.9 Å². The van der Waals surface area contributed by atoms with Crippen LogP contribution in [0.25, 0.3) is 0 Å².